The molecule has 0 radical (unpaired) electrons. The highest BCUT2D eigenvalue weighted by Crippen LogP contribution is 2.30. The van der Waals surface area contributed by atoms with Crippen LogP contribution >= 0.6 is 0 Å². The Balaban J connectivity index is 1.94. The highest BCUT2D eigenvalue weighted by Gasteiger charge is 2.24. The number of rotatable bonds is 5. The number of oxime groups is 1. The normalized spacial score (nSPS) is 14.0. The Morgan fingerprint density at radius 2 is 1.77 bits per heavy atom. The molecule has 1 heterocycles. The van der Waals surface area contributed by atoms with Gasteiger partial charge in [0.1, 0.15) is 18.6 Å². The van der Waals surface area contributed by atoms with E-state index in [2.05, 4.69) is 41.1 Å². The van der Waals surface area contributed by atoms with Crippen molar-refractivity contribution in [3.8, 4) is 23.5 Å². The van der Waals surface area contributed by atoms with Crippen molar-refractivity contribution in [1.82, 2.24) is 10.3 Å². The van der Waals surface area contributed by atoms with E-state index in [0.717, 1.165) is 11.1 Å². The Bertz CT molecular complexity index is 1120. The van der Waals surface area contributed by atoms with E-state index in [9.17, 15) is 4.79 Å². The maximum Gasteiger partial charge on any atom is 0.273 e. The van der Waals surface area contributed by atoms with Crippen LogP contribution in [0.1, 0.15) is 32.4 Å². The number of allylic oxidation sites excluding steroid dienone is 3. The third-order valence-corrected chi connectivity index (χ3v) is 4.92. The summed E-state index contributed by atoms with van der Waals surface area (Å²) in [7, 11) is 2.99. The van der Waals surface area contributed by atoms with Crippen LogP contribution in [0.15, 0.2) is 76.0 Å². The largest absolute Gasteiger partial charge is 0.439 e. The molecular formula is C25H25N3O3. The lowest BCUT2D eigenvalue weighted by Gasteiger charge is -2.20. The van der Waals surface area contributed by atoms with E-state index >= 15 is 0 Å². The molecule has 6 nitrogen and oxygen atoms in total. The summed E-state index contributed by atoms with van der Waals surface area (Å²) in [6.07, 6.45) is 1.24. The van der Waals surface area contributed by atoms with Crippen LogP contribution in [-0.4, -0.2) is 30.8 Å². The van der Waals surface area contributed by atoms with Gasteiger partial charge in [0.2, 0.25) is 5.88 Å². The molecule has 0 saturated carbocycles. The van der Waals surface area contributed by atoms with Gasteiger partial charge >= 0.3 is 0 Å². The summed E-state index contributed by atoms with van der Waals surface area (Å²) in [6.45, 7) is 4.13. The number of hydrogen-bond acceptors (Lipinski definition) is 5. The first kappa shape index (κ1) is 21.8. The number of para-hydroxylation sites is 1. The molecule has 3 rings (SSSR count). The Morgan fingerprint density at radius 1 is 1.03 bits per heavy atom. The van der Waals surface area contributed by atoms with Crippen molar-refractivity contribution in [2.45, 2.75) is 26.7 Å². The zero-order valence-electron chi connectivity index (χ0n) is 18.2. The molecule has 0 fully saturated rings. The second-order valence-corrected chi connectivity index (χ2v) is 7.10. The number of carbonyl (C=O) groups is 1. The van der Waals surface area contributed by atoms with Crippen molar-refractivity contribution in [2.24, 2.45) is 5.16 Å². The van der Waals surface area contributed by atoms with Gasteiger partial charge in [0.05, 0.1) is 0 Å². The Labute approximate surface area is 182 Å². The van der Waals surface area contributed by atoms with E-state index in [-0.39, 0.29) is 11.6 Å². The Kier molecular flexibility index (Phi) is 7.23. The maximum atomic E-state index is 12.4. The lowest BCUT2D eigenvalue weighted by Crippen LogP contribution is -2.30. The average molecular weight is 415 g/mol. The highest BCUT2D eigenvalue weighted by atomic mass is 16.6. The molecule has 0 unspecified atom stereocenters. The monoisotopic (exact) mass is 415 g/mol. The molecule has 0 saturated heterocycles. The van der Waals surface area contributed by atoms with E-state index in [1.165, 1.54) is 18.3 Å². The van der Waals surface area contributed by atoms with Gasteiger partial charge < -0.3 is 14.9 Å². The number of ether oxygens (including phenoxy) is 1. The van der Waals surface area contributed by atoms with Gasteiger partial charge in [-0.3, -0.25) is 4.79 Å². The number of nitrogens with one attached hydrogen (secondary N) is 1. The summed E-state index contributed by atoms with van der Waals surface area (Å²) in [5, 5.41) is 6.59. The second-order valence-electron chi connectivity index (χ2n) is 7.10. The number of hydrogen-bond donors (Lipinski definition) is 1. The Hall–Kier alpha value is -3.85. The van der Waals surface area contributed by atoms with E-state index in [1.54, 1.807) is 13.1 Å². The lowest BCUT2D eigenvalue weighted by atomic mass is 9.85. The SMILES string of the molecule is CNC(=O)/C(=N\OC)C1=C(C#Cc2cccc(Oc3ccccc3)n2)CC(C)=C(C)C1. The Morgan fingerprint density at radius 3 is 2.48 bits per heavy atom. The first-order valence-electron chi connectivity index (χ1n) is 9.94. The van der Waals surface area contributed by atoms with Gasteiger partial charge in [-0.15, -0.1) is 0 Å². The van der Waals surface area contributed by atoms with Gasteiger partial charge in [-0.1, -0.05) is 46.5 Å². The smallest absolute Gasteiger partial charge is 0.273 e. The van der Waals surface area contributed by atoms with E-state index in [4.69, 9.17) is 9.57 Å². The molecular weight excluding hydrogens is 390 g/mol. The zero-order valence-corrected chi connectivity index (χ0v) is 18.2. The summed E-state index contributed by atoms with van der Waals surface area (Å²) >= 11 is 0. The van der Waals surface area contributed by atoms with Crippen molar-refractivity contribution in [2.75, 3.05) is 14.2 Å². The molecule has 6 heteroatoms. The van der Waals surface area contributed by atoms with Crippen molar-refractivity contribution < 1.29 is 14.4 Å². The number of nitrogens with zero attached hydrogens (tertiary/aromatic N) is 2. The zero-order chi connectivity index (χ0) is 22.2. The fraction of sp³-hybridized carbons (Fsp3) is 0.240. The van der Waals surface area contributed by atoms with Crippen LogP contribution in [-0.2, 0) is 9.63 Å². The van der Waals surface area contributed by atoms with Crippen LogP contribution in [0.25, 0.3) is 0 Å². The fourth-order valence-corrected chi connectivity index (χ4v) is 3.13. The van der Waals surface area contributed by atoms with Gasteiger partial charge in [0.15, 0.2) is 5.71 Å². The van der Waals surface area contributed by atoms with Crippen molar-refractivity contribution >= 4 is 11.6 Å². The number of aromatic nitrogens is 1. The van der Waals surface area contributed by atoms with Crippen LogP contribution in [0.5, 0.6) is 11.6 Å². The van der Waals surface area contributed by atoms with E-state index in [0.29, 0.717) is 30.2 Å². The van der Waals surface area contributed by atoms with Gasteiger partial charge in [-0.05, 0) is 44.4 Å². The molecule has 1 aromatic carbocycles. The summed E-state index contributed by atoms with van der Waals surface area (Å²) in [5.41, 5.74) is 4.86. The highest BCUT2D eigenvalue weighted by molar-refractivity contribution is 6.45. The molecule has 1 aliphatic rings. The molecule has 2 aromatic rings. The fourth-order valence-electron chi connectivity index (χ4n) is 3.13. The number of pyridine rings is 1. The molecule has 0 spiro atoms. The number of benzene rings is 1. The maximum absolute atomic E-state index is 12.4. The summed E-state index contributed by atoms with van der Waals surface area (Å²) in [6, 6.07) is 14.9. The lowest BCUT2D eigenvalue weighted by molar-refractivity contribution is -0.114. The van der Waals surface area contributed by atoms with Gasteiger partial charge in [0.25, 0.3) is 5.91 Å². The minimum Gasteiger partial charge on any atom is -0.439 e. The quantitative estimate of drug-likeness (QED) is 0.340. The third kappa shape index (κ3) is 5.61. The van der Waals surface area contributed by atoms with Gasteiger partial charge in [-0.2, -0.15) is 0 Å². The predicted octanol–water partition coefficient (Wildman–Crippen LogP) is 4.40. The summed E-state index contributed by atoms with van der Waals surface area (Å²) in [5.74, 6) is 7.19. The van der Waals surface area contributed by atoms with Crippen molar-refractivity contribution in [3.05, 3.63) is 76.5 Å². The van der Waals surface area contributed by atoms with Crippen molar-refractivity contribution in [3.63, 3.8) is 0 Å². The van der Waals surface area contributed by atoms with Crippen molar-refractivity contribution in [1.29, 1.82) is 0 Å². The van der Waals surface area contributed by atoms with Gasteiger partial charge in [-0.25, -0.2) is 4.98 Å². The van der Waals surface area contributed by atoms with Crippen LogP contribution in [0.3, 0.4) is 0 Å². The molecule has 158 valence electrons. The minimum absolute atomic E-state index is 0.246. The predicted molar refractivity (Wildman–Crippen MR) is 121 cm³/mol. The molecule has 0 aliphatic heterocycles. The third-order valence-electron chi connectivity index (χ3n) is 4.92. The van der Waals surface area contributed by atoms with Crippen LogP contribution in [0.4, 0.5) is 0 Å². The molecule has 1 aromatic heterocycles. The second kappa shape index (κ2) is 10.3. The average Bonchev–Trinajstić information content (AvgIpc) is 2.78. The molecule has 1 amide bonds. The van der Waals surface area contributed by atoms with Gasteiger partial charge in [0, 0.05) is 30.7 Å². The molecule has 0 atom stereocenters. The topological polar surface area (TPSA) is 72.8 Å². The number of amides is 1. The van der Waals surface area contributed by atoms with Crippen LogP contribution in [0, 0.1) is 11.8 Å². The summed E-state index contributed by atoms with van der Waals surface area (Å²) in [4.78, 5) is 21.8. The molecule has 1 N–H and O–H groups in total. The van der Waals surface area contributed by atoms with E-state index in [1.807, 2.05) is 42.5 Å². The first-order valence-corrected chi connectivity index (χ1v) is 9.94. The first-order chi connectivity index (χ1) is 15.0. The molecule has 31 heavy (non-hydrogen) atoms. The minimum atomic E-state index is -0.306. The van der Waals surface area contributed by atoms with Crippen LogP contribution < -0.4 is 10.1 Å². The summed E-state index contributed by atoms with van der Waals surface area (Å²) < 4.78 is 5.79. The molecule has 1 aliphatic carbocycles. The van der Waals surface area contributed by atoms with E-state index < -0.39 is 0 Å². The molecule has 0 bridgehead atoms. The standard InChI is InChI=1S/C25H25N3O3/c1-17-15-19(22(16-18(17)2)24(28-30-4)25(29)26-3)13-14-20-9-8-12-23(27-20)31-21-10-6-5-7-11-21/h5-12H,15-16H2,1-4H3,(H,26,29)/b28-24-. The van der Waals surface area contributed by atoms with Crippen LogP contribution in [0.2, 0.25) is 0 Å². The number of carbonyl (C=O) groups excluding carboxylic acids is 1.